The van der Waals surface area contributed by atoms with Gasteiger partial charge in [0.05, 0.1) is 0 Å². The Hall–Kier alpha value is -1.80. The van der Waals surface area contributed by atoms with Crippen LogP contribution in [0.2, 0.25) is 5.02 Å². The van der Waals surface area contributed by atoms with Crippen LogP contribution in [-0.4, -0.2) is 12.4 Å². The standard InChI is InChI=1S/C17H17ClO2/c1-11-8-12(2)17(13(3)9-11)16(19)10-20-15-6-4-14(18)5-7-15/h4-9H,10H2,1-3H3. The number of carbonyl (C=O) groups excluding carboxylic acids is 1. The number of aryl methyl sites for hydroxylation is 3. The number of hydrogen-bond acceptors (Lipinski definition) is 2. The van der Waals surface area contributed by atoms with Crippen LogP contribution < -0.4 is 4.74 Å². The Bertz CT molecular complexity index is 607. The molecule has 0 fully saturated rings. The van der Waals surface area contributed by atoms with Crippen LogP contribution in [0.5, 0.6) is 5.75 Å². The van der Waals surface area contributed by atoms with Gasteiger partial charge >= 0.3 is 0 Å². The third-order valence-corrected chi connectivity index (χ3v) is 3.39. The van der Waals surface area contributed by atoms with Crippen molar-refractivity contribution in [2.45, 2.75) is 20.8 Å². The van der Waals surface area contributed by atoms with Gasteiger partial charge in [0.2, 0.25) is 5.78 Å². The van der Waals surface area contributed by atoms with Crippen molar-refractivity contribution in [2.75, 3.05) is 6.61 Å². The van der Waals surface area contributed by atoms with Crippen LogP contribution in [0, 0.1) is 20.8 Å². The molecule has 0 saturated heterocycles. The zero-order chi connectivity index (χ0) is 14.7. The number of ketones is 1. The summed E-state index contributed by atoms with van der Waals surface area (Å²) in [4.78, 5) is 12.3. The number of ether oxygens (including phenoxy) is 1. The van der Waals surface area contributed by atoms with E-state index in [1.165, 1.54) is 0 Å². The van der Waals surface area contributed by atoms with Crippen molar-refractivity contribution in [3.05, 3.63) is 63.7 Å². The van der Waals surface area contributed by atoms with E-state index in [4.69, 9.17) is 16.3 Å². The molecule has 2 rings (SSSR count). The van der Waals surface area contributed by atoms with E-state index in [0.717, 1.165) is 22.3 Å². The summed E-state index contributed by atoms with van der Waals surface area (Å²) in [5.41, 5.74) is 3.90. The van der Waals surface area contributed by atoms with E-state index in [-0.39, 0.29) is 12.4 Å². The van der Waals surface area contributed by atoms with Gasteiger partial charge in [-0.25, -0.2) is 0 Å². The lowest BCUT2D eigenvalue weighted by molar-refractivity contribution is 0.0920. The highest BCUT2D eigenvalue weighted by Crippen LogP contribution is 2.19. The number of halogens is 1. The molecule has 0 radical (unpaired) electrons. The first-order valence-electron chi connectivity index (χ1n) is 6.47. The second-order valence-electron chi connectivity index (χ2n) is 4.94. The average Bonchev–Trinajstić information content (AvgIpc) is 2.37. The van der Waals surface area contributed by atoms with Crippen LogP contribution in [0.4, 0.5) is 0 Å². The lowest BCUT2D eigenvalue weighted by Crippen LogP contribution is -2.14. The quantitative estimate of drug-likeness (QED) is 0.773. The molecule has 0 aromatic heterocycles. The minimum Gasteiger partial charge on any atom is -0.485 e. The van der Waals surface area contributed by atoms with E-state index in [9.17, 15) is 4.79 Å². The minimum atomic E-state index is -0.00468. The van der Waals surface area contributed by atoms with Crippen molar-refractivity contribution in [3.63, 3.8) is 0 Å². The van der Waals surface area contributed by atoms with Gasteiger partial charge in [0.15, 0.2) is 6.61 Å². The number of carbonyl (C=O) groups is 1. The molecule has 104 valence electrons. The number of hydrogen-bond donors (Lipinski definition) is 0. The Labute approximate surface area is 124 Å². The summed E-state index contributed by atoms with van der Waals surface area (Å²) in [5.74, 6) is 0.639. The predicted molar refractivity (Wildman–Crippen MR) is 81.9 cm³/mol. The third-order valence-electron chi connectivity index (χ3n) is 3.14. The lowest BCUT2D eigenvalue weighted by Gasteiger charge is -2.11. The van der Waals surface area contributed by atoms with Gasteiger partial charge in [0, 0.05) is 10.6 Å². The number of benzene rings is 2. The van der Waals surface area contributed by atoms with Crippen molar-refractivity contribution in [1.29, 1.82) is 0 Å². The molecule has 2 aromatic rings. The molecular weight excluding hydrogens is 272 g/mol. The fourth-order valence-corrected chi connectivity index (χ4v) is 2.50. The van der Waals surface area contributed by atoms with E-state index in [2.05, 4.69) is 0 Å². The topological polar surface area (TPSA) is 26.3 Å². The average molecular weight is 289 g/mol. The fraction of sp³-hybridized carbons (Fsp3) is 0.235. The molecule has 0 amide bonds. The molecular formula is C17H17ClO2. The fourth-order valence-electron chi connectivity index (χ4n) is 2.37. The van der Waals surface area contributed by atoms with Crippen LogP contribution in [0.25, 0.3) is 0 Å². The molecule has 0 saturated carbocycles. The predicted octanol–water partition coefficient (Wildman–Crippen LogP) is 4.53. The summed E-state index contributed by atoms with van der Waals surface area (Å²) in [6.45, 7) is 5.97. The maximum atomic E-state index is 12.3. The summed E-state index contributed by atoms with van der Waals surface area (Å²) in [7, 11) is 0. The summed E-state index contributed by atoms with van der Waals surface area (Å²) in [6, 6.07) is 11.0. The molecule has 0 unspecified atom stereocenters. The van der Waals surface area contributed by atoms with Gasteiger partial charge in [-0.05, 0) is 56.2 Å². The maximum Gasteiger partial charge on any atom is 0.200 e. The molecule has 0 bridgehead atoms. The van der Waals surface area contributed by atoms with Crippen molar-refractivity contribution in [3.8, 4) is 5.75 Å². The Morgan fingerprint density at radius 2 is 1.60 bits per heavy atom. The van der Waals surface area contributed by atoms with E-state index in [0.29, 0.717) is 10.8 Å². The third kappa shape index (κ3) is 3.40. The van der Waals surface area contributed by atoms with Gasteiger partial charge in [-0.15, -0.1) is 0 Å². The first kappa shape index (κ1) is 14.6. The van der Waals surface area contributed by atoms with Crippen LogP contribution in [-0.2, 0) is 0 Å². The van der Waals surface area contributed by atoms with Crippen molar-refractivity contribution in [1.82, 2.24) is 0 Å². The molecule has 2 aromatic carbocycles. The Morgan fingerprint density at radius 1 is 1.05 bits per heavy atom. The minimum absolute atomic E-state index is 0.00468. The molecule has 0 aliphatic heterocycles. The molecule has 20 heavy (non-hydrogen) atoms. The maximum absolute atomic E-state index is 12.3. The molecule has 0 spiro atoms. The van der Waals surface area contributed by atoms with Crippen LogP contribution in [0.3, 0.4) is 0 Å². The van der Waals surface area contributed by atoms with E-state index in [1.807, 2.05) is 32.9 Å². The summed E-state index contributed by atoms with van der Waals surface area (Å²) in [6.07, 6.45) is 0. The van der Waals surface area contributed by atoms with Gasteiger partial charge < -0.3 is 4.74 Å². The second kappa shape index (κ2) is 6.10. The van der Waals surface area contributed by atoms with Gasteiger partial charge in [-0.2, -0.15) is 0 Å². The van der Waals surface area contributed by atoms with E-state index >= 15 is 0 Å². The highest BCUT2D eigenvalue weighted by Gasteiger charge is 2.13. The van der Waals surface area contributed by atoms with Gasteiger partial charge in [-0.1, -0.05) is 29.3 Å². The summed E-state index contributed by atoms with van der Waals surface area (Å²) < 4.78 is 5.51. The van der Waals surface area contributed by atoms with Crippen molar-refractivity contribution in [2.24, 2.45) is 0 Å². The zero-order valence-electron chi connectivity index (χ0n) is 11.9. The zero-order valence-corrected chi connectivity index (χ0v) is 12.6. The Balaban J connectivity index is 2.11. The highest BCUT2D eigenvalue weighted by molar-refractivity contribution is 6.30. The molecule has 3 heteroatoms. The molecule has 0 aliphatic rings. The highest BCUT2D eigenvalue weighted by atomic mass is 35.5. The van der Waals surface area contributed by atoms with Crippen LogP contribution in [0.1, 0.15) is 27.0 Å². The first-order chi connectivity index (χ1) is 9.47. The SMILES string of the molecule is Cc1cc(C)c(C(=O)COc2ccc(Cl)cc2)c(C)c1. The normalized spacial score (nSPS) is 10.4. The number of Topliss-reactive ketones (excluding diaryl/α,β-unsaturated/α-hetero) is 1. The molecule has 0 heterocycles. The first-order valence-corrected chi connectivity index (χ1v) is 6.84. The number of rotatable bonds is 4. The van der Waals surface area contributed by atoms with Crippen LogP contribution >= 0.6 is 11.6 Å². The van der Waals surface area contributed by atoms with E-state index < -0.39 is 0 Å². The van der Waals surface area contributed by atoms with Gasteiger partial charge in [-0.3, -0.25) is 4.79 Å². The molecule has 0 N–H and O–H groups in total. The largest absolute Gasteiger partial charge is 0.485 e. The van der Waals surface area contributed by atoms with Crippen molar-refractivity contribution < 1.29 is 9.53 Å². The Kier molecular flexibility index (Phi) is 4.46. The van der Waals surface area contributed by atoms with E-state index in [1.54, 1.807) is 24.3 Å². The Morgan fingerprint density at radius 3 is 2.15 bits per heavy atom. The second-order valence-corrected chi connectivity index (χ2v) is 5.38. The van der Waals surface area contributed by atoms with Crippen LogP contribution in [0.15, 0.2) is 36.4 Å². The summed E-state index contributed by atoms with van der Waals surface area (Å²) >= 11 is 5.80. The van der Waals surface area contributed by atoms with Gasteiger partial charge in [0.25, 0.3) is 0 Å². The molecule has 2 nitrogen and oxygen atoms in total. The van der Waals surface area contributed by atoms with Gasteiger partial charge in [0.1, 0.15) is 5.75 Å². The van der Waals surface area contributed by atoms with Crippen molar-refractivity contribution >= 4 is 17.4 Å². The smallest absolute Gasteiger partial charge is 0.200 e. The molecule has 0 atom stereocenters. The summed E-state index contributed by atoms with van der Waals surface area (Å²) in [5, 5.41) is 0.647. The monoisotopic (exact) mass is 288 g/mol. The molecule has 0 aliphatic carbocycles. The lowest BCUT2D eigenvalue weighted by atomic mass is 9.97.